The number of aromatic nitrogens is 1. The minimum Gasteiger partial charge on any atom is -0.305 e. The first-order chi connectivity index (χ1) is 13.3. The van der Waals surface area contributed by atoms with E-state index in [0.29, 0.717) is 0 Å². The Balaban J connectivity index is 0.00000192. The van der Waals surface area contributed by atoms with Gasteiger partial charge in [-0.25, -0.2) is 0 Å². The van der Waals surface area contributed by atoms with Gasteiger partial charge in [-0.1, -0.05) is 83.1 Å². The Labute approximate surface area is 178 Å². The predicted molar refractivity (Wildman–Crippen MR) is 114 cm³/mol. The maximum Gasteiger partial charge on any atom is 0.0166 e. The molecule has 137 valence electrons. The monoisotopic (exact) mass is 537 g/mol. The van der Waals surface area contributed by atoms with Crippen molar-refractivity contribution in [3.05, 3.63) is 103 Å². The second-order valence-corrected chi connectivity index (χ2v) is 6.94. The summed E-state index contributed by atoms with van der Waals surface area (Å²) in [6, 6.07) is 33.3. The Morgan fingerprint density at radius 1 is 0.714 bits per heavy atom. The van der Waals surface area contributed by atoms with Gasteiger partial charge in [0.25, 0.3) is 0 Å². The SMILES string of the molecule is Cc1ccc2c(ccc3cc(-c4cc(-c5ccccc5)ccn4)[c-]cc32)c1.[Ir]. The third-order valence-corrected chi connectivity index (χ3v) is 5.07. The zero-order valence-electron chi connectivity index (χ0n) is 15.4. The Morgan fingerprint density at radius 2 is 1.50 bits per heavy atom. The van der Waals surface area contributed by atoms with Crippen LogP contribution in [0.1, 0.15) is 5.56 Å². The van der Waals surface area contributed by atoms with Crippen molar-refractivity contribution >= 4 is 21.5 Å². The van der Waals surface area contributed by atoms with Gasteiger partial charge in [-0.2, -0.15) is 0 Å². The molecule has 1 heterocycles. The molecule has 0 aliphatic rings. The van der Waals surface area contributed by atoms with Crippen molar-refractivity contribution in [2.24, 2.45) is 0 Å². The molecule has 0 atom stereocenters. The van der Waals surface area contributed by atoms with Gasteiger partial charge in [0.15, 0.2) is 0 Å². The average Bonchev–Trinajstić information content (AvgIpc) is 2.74. The first kappa shape index (κ1) is 18.6. The number of benzene rings is 4. The van der Waals surface area contributed by atoms with Crippen LogP contribution in [-0.2, 0) is 20.1 Å². The van der Waals surface area contributed by atoms with Crippen LogP contribution >= 0.6 is 0 Å². The van der Waals surface area contributed by atoms with E-state index in [9.17, 15) is 0 Å². The number of fused-ring (bicyclic) bond motifs is 3. The summed E-state index contributed by atoms with van der Waals surface area (Å²) in [5.41, 5.74) is 5.62. The minimum absolute atomic E-state index is 0. The van der Waals surface area contributed by atoms with Crippen molar-refractivity contribution in [2.45, 2.75) is 6.92 Å². The van der Waals surface area contributed by atoms with E-state index in [-0.39, 0.29) is 20.1 Å². The molecule has 0 N–H and O–H groups in total. The molecule has 0 amide bonds. The van der Waals surface area contributed by atoms with Crippen molar-refractivity contribution in [1.29, 1.82) is 0 Å². The summed E-state index contributed by atoms with van der Waals surface area (Å²) in [6.07, 6.45) is 1.87. The molecule has 0 spiro atoms. The van der Waals surface area contributed by atoms with Crippen LogP contribution in [0.3, 0.4) is 0 Å². The van der Waals surface area contributed by atoms with E-state index in [2.05, 4.69) is 96.8 Å². The van der Waals surface area contributed by atoms with Crippen molar-refractivity contribution in [3.63, 3.8) is 0 Å². The number of nitrogens with zero attached hydrogens (tertiary/aromatic N) is 1. The summed E-state index contributed by atoms with van der Waals surface area (Å²) in [6.45, 7) is 2.13. The van der Waals surface area contributed by atoms with Crippen LogP contribution in [0, 0.1) is 13.0 Å². The van der Waals surface area contributed by atoms with Crippen LogP contribution in [0.4, 0.5) is 0 Å². The van der Waals surface area contributed by atoms with Gasteiger partial charge in [-0.05, 0) is 35.2 Å². The molecular formula is C26H18IrN-. The van der Waals surface area contributed by atoms with Crippen molar-refractivity contribution in [2.75, 3.05) is 0 Å². The van der Waals surface area contributed by atoms with Gasteiger partial charge in [0.2, 0.25) is 0 Å². The Kier molecular flexibility index (Phi) is 5.09. The molecule has 0 bridgehead atoms. The average molecular weight is 537 g/mol. The Morgan fingerprint density at radius 3 is 2.32 bits per heavy atom. The molecule has 4 aromatic carbocycles. The normalized spacial score (nSPS) is 10.8. The first-order valence-corrected chi connectivity index (χ1v) is 9.15. The van der Waals surface area contributed by atoms with Gasteiger partial charge in [-0.15, -0.1) is 29.1 Å². The smallest absolute Gasteiger partial charge is 0.0166 e. The maximum atomic E-state index is 4.58. The summed E-state index contributed by atoms with van der Waals surface area (Å²) in [5.74, 6) is 0. The number of hydrogen-bond acceptors (Lipinski definition) is 1. The number of rotatable bonds is 2. The van der Waals surface area contributed by atoms with Crippen LogP contribution < -0.4 is 0 Å². The fourth-order valence-corrected chi connectivity index (χ4v) is 3.66. The number of hydrogen-bond donors (Lipinski definition) is 0. The van der Waals surface area contributed by atoms with Crippen molar-refractivity contribution in [3.8, 4) is 22.4 Å². The van der Waals surface area contributed by atoms with Crippen molar-refractivity contribution < 1.29 is 20.1 Å². The topological polar surface area (TPSA) is 12.9 Å². The largest absolute Gasteiger partial charge is 0.305 e. The van der Waals surface area contributed by atoms with Crippen LogP contribution in [-0.4, -0.2) is 4.98 Å². The molecule has 0 saturated carbocycles. The number of aryl methyl sites for hydroxylation is 1. The molecule has 1 nitrogen and oxygen atoms in total. The summed E-state index contributed by atoms with van der Waals surface area (Å²) in [5, 5.41) is 4.99. The molecule has 0 aliphatic carbocycles. The van der Waals surface area contributed by atoms with Gasteiger partial charge in [0.05, 0.1) is 0 Å². The third-order valence-electron chi connectivity index (χ3n) is 5.07. The van der Waals surface area contributed by atoms with E-state index in [0.717, 1.165) is 11.3 Å². The Bertz CT molecular complexity index is 1280. The molecule has 0 unspecified atom stereocenters. The molecule has 2 heteroatoms. The van der Waals surface area contributed by atoms with E-state index < -0.39 is 0 Å². The third kappa shape index (κ3) is 3.38. The second kappa shape index (κ2) is 7.67. The summed E-state index contributed by atoms with van der Waals surface area (Å²) >= 11 is 0. The van der Waals surface area contributed by atoms with E-state index in [1.54, 1.807) is 0 Å². The van der Waals surface area contributed by atoms with E-state index >= 15 is 0 Å². The quantitative estimate of drug-likeness (QED) is 0.178. The van der Waals surface area contributed by atoms with Crippen LogP contribution in [0.15, 0.2) is 91.1 Å². The van der Waals surface area contributed by atoms with Crippen LogP contribution in [0.2, 0.25) is 0 Å². The van der Waals surface area contributed by atoms with Crippen LogP contribution in [0.25, 0.3) is 43.9 Å². The van der Waals surface area contributed by atoms with Crippen LogP contribution in [0.5, 0.6) is 0 Å². The second-order valence-electron chi connectivity index (χ2n) is 6.94. The molecule has 0 fully saturated rings. The van der Waals surface area contributed by atoms with E-state index in [1.807, 2.05) is 12.3 Å². The van der Waals surface area contributed by atoms with Gasteiger partial charge in [-0.3, -0.25) is 0 Å². The molecular weight excluding hydrogens is 519 g/mol. The molecule has 5 rings (SSSR count). The minimum atomic E-state index is 0. The molecule has 1 aromatic heterocycles. The molecule has 5 aromatic rings. The van der Waals surface area contributed by atoms with Crippen molar-refractivity contribution in [1.82, 2.24) is 4.98 Å². The summed E-state index contributed by atoms with van der Waals surface area (Å²) in [7, 11) is 0. The zero-order chi connectivity index (χ0) is 18.2. The standard InChI is InChI=1S/C26H18N.Ir/c1-18-7-11-24-21(15-18)8-9-22-16-23(10-12-25(22)24)26-17-20(13-14-27-26)19-5-3-2-4-6-19;/h2-9,11-17H,1H3;/q-1;. The van der Waals surface area contributed by atoms with Gasteiger partial charge >= 0.3 is 0 Å². The Hall–Kier alpha value is -2.80. The van der Waals surface area contributed by atoms with Gasteiger partial charge < -0.3 is 4.98 Å². The summed E-state index contributed by atoms with van der Waals surface area (Å²) in [4.78, 5) is 4.58. The van der Waals surface area contributed by atoms with E-state index in [4.69, 9.17) is 0 Å². The molecule has 0 saturated heterocycles. The fourth-order valence-electron chi connectivity index (χ4n) is 3.66. The maximum absolute atomic E-state index is 4.58. The fraction of sp³-hybridized carbons (Fsp3) is 0.0385. The van der Waals surface area contributed by atoms with Gasteiger partial charge in [0.1, 0.15) is 0 Å². The number of pyridine rings is 1. The molecule has 1 radical (unpaired) electrons. The van der Waals surface area contributed by atoms with E-state index in [1.165, 1.54) is 38.2 Å². The predicted octanol–water partition coefficient (Wildman–Crippen LogP) is 6.83. The zero-order valence-corrected chi connectivity index (χ0v) is 17.8. The molecule has 0 aliphatic heterocycles. The molecule has 28 heavy (non-hydrogen) atoms. The summed E-state index contributed by atoms with van der Waals surface area (Å²) < 4.78 is 0. The van der Waals surface area contributed by atoms with Gasteiger partial charge in [0, 0.05) is 26.3 Å². The first-order valence-electron chi connectivity index (χ1n) is 9.15.